The Morgan fingerprint density at radius 1 is 1.69 bits per heavy atom. The smallest absolute Gasteiger partial charge is 0.146 e. The van der Waals surface area contributed by atoms with Crippen molar-refractivity contribution >= 4 is 0 Å². The van der Waals surface area contributed by atoms with Crippen LogP contribution in [0.25, 0.3) is 0 Å². The minimum absolute atomic E-state index is 0.568. The number of aryl methyl sites for hydroxylation is 1. The van der Waals surface area contributed by atoms with Crippen LogP contribution < -0.4 is 5.32 Å². The standard InChI is InChI=1S/C9H14N4/c1-3-5-10-7-9-12-11-8-13(9)6-4-2/h1,8,10H,4-7H2,2H3. The Labute approximate surface area is 78.4 Å². The van der Waals surface area contributed by atoms with Crippen LogP contribution in [-0.2, 0) is 13.1 Å². The number of nitrogens with zero attached hydrogens (tertiary/aromatic N) is 3. The first-order valence-electron chi connectivity index (χ1n) is 4.39. The molecule has 0 radical (unpaired) electrons. The third-order valence-corrected chi connectivity index (χ3v) is 1.67. The van der Waals surface area contributed by atoms with Crippen LogP contribution in [0, 0.1) is 12.3 Å². The van der Waals surface area contributed by atoms with Crippen LogP contribution in [0.1, 0.15) is 19.2 Å². The van der Waals surface area contributed by atoms with Gasteiger partial charge in [-0.05, 0) is 6.42 Å². The first-order valence-corrected chi connectivity index (χ1v) is 4.39. The van der Waals surface area contributed by atoms with E-state index in [1.54, 1.807) is 6.33 Å². The first kappa shape index (κ1) is 9.75. The third kappa shape index (κ3) is 2.88. The Kier molecular flexibility index (Phi) is 4.00. The number of rotatable bonds is 5. The van der Waals surface area contributed by atoms with Crippen molar-refractivity contribution in [1.82, 2.24) is 20.1 Å². The summed E-state index contributed by atoms with van der Waals surface area (Å²) in [6.07, 6.45) is 7.94. The van der Waals surface area contributed by atoms with Crippen LogP contribution in [0.5, 0.6) is 0 Å². The molecule has 4 nitrogen and oxygen atoms in total. The van der Waals surface area contributed by atoms with E-state index < -0.39 is 0 Å². The van der Waals surface area contributed by atoms with Gasteiger partial charge in [0.15, 0.2) is 0 Å². The average molecular weight is 178 g/mol. The third-order valence-electron chi connectivity index (χ3n) is 1.67. The molecule has 0 aliphatic rings. The van der Waals surface area contributed by atoms with Gasteiger partial charge in [0.05, 0.1) is 13.1 Å². The molecule has 0 aromatic carbocycles. The van der Waals surface area contributed by atoms with Crippen LogP contribution in [0.15, 0.2) is 6.33 Å². The second-order valence-corrected chi connectivity index (χ2v) is 2.75. The number of hydrogen-bond acceptors (Lipinski definition) is 3. The maximum absolute atomic E-state index is 5.11. The van der Waals surface area contributed by atoms with Crippen LogP contribution in [0.3, 0.4) is 0 Å². The highest BCUT2D eigenvalue weighted by molar-refractivity contribution is 4.90. The maximum Gasteiger partial charge on any atom is 0.146 e. The lowest BCUT2D eigenvalue weighted by Gasteiger charge is -2.03. The van der Waals surface area contributed by atoms with Gasteiger partial charge in [0.2, 0.25) is 0 Å². The fourth-order valence-corrected chi connectivity index (χ4v) is 1.09. The van der Waals surface area contributed by atoms with E-state index in [2.05, 4.69) is 28.4 Å². The number of aromatic nitrogens is 3. The summed E-state index contributed by atoms with van der Waals surface area (Å²) in [5.74, 6) is 3.45. The van der Waals surface area contributed by atoms with Gasteiger partial charge < -0.3 is 4.57 Å². The Morgan fingerprint density at radius 2 is 2.54 bits per heavy atom. The van der Waals surface area contributed by atoms with E-state index in [4.69, 9.17) is 6.42 Å². The zero-order chi connectivity index (χ0) is 9.52. The molecule has 1 N–H and O–H groups in total. The highest BCUT2D eigenvalue weighted by Crippen LogP contribution is 1.95. The molecule has 0 saturated heterocycles. The molecule has 0 spiro atoms. The van der Waals surface area contributed by atoms with Gasteiger partial charge in [0.1, 0.15) is 12.2 Å². The summed E-state index contributed by atoms with van der Waals surface area (Å²) < 4.78 is 2.03. The highest BCUT2D eigenvalue weighted by atomic mass is 15.3. The first-order chi connectivity index (χ1) is 6.38. The molecule has 1 rings (SSSR count). The number of terminal acetylenes is 1. The van der Waals surface area contributed by atoms with E-state index in [0.717, 1.165) is 18.8 Å². The SMILES string of the molecule is C#CCNCc1nncn1CCC. The molecule has 0 unspecified atom stereocenters. The van der Waals surface area contributed by atoms with Crippen LogP contribution in [-0.4, -0.2) is 21.3 Å². The molecule has 0 aliphatic carbocycles. The molecule has 0 saturated carbocycles. The Bertz CT molecular complexity index is 284. The lowest BCUT2D eigenvalue weighted by molar-refractivity contribution is 0.607. The molecule has 1 heterocycles. The Balaban J connectivity index is 2.46. The normalized spacial score (nSPS) is 9.85. The van der Waals surface area contributed by atoms with Crippen molar-refractivity contribution in [3.05, 3.63) is 12.2 Å². The summed E-state index contributed by atoms with van der Waals surface area (Å²) in [6.45, 7) is 4.34. The fourth-order valence-electron chi connectivity index (χ4n) is 1.09. The number of nitrogens with one attached hydrogen (secondary N) is 1. The minimum Gasteiger partial charge on any atom is -0.317 e. The average Bonchev–Trinajstić information content (AvgIpc) is 2.54. The summed E-state index contributed by atoms with van der Waals surface area (Å²) >= 11 is 0. The molecule has 13 heavy (non-hydrogen) atoms. The van der Waals surface area contributed by atoms with Crippen LogP contribution in [0.4, 0.5) is 0 Å². The van der Waals surface area contributed by atoms with Gasteiger partial charge in [-0.3, -0.25) is 5.32 Å². The molecule has 1 aromatic heterocycles. The van der Waals surface area contributed by atoms with Gasteiger partial charge in [0, 0.05) is 6.54 Å². The molecule has 0 aliphatic heterocycles. The van der Waals surface area contributed by atoms with Crippen molar-refractivity contribution in [1.29, 1.82) is 0 Å². The van der Waals surface area contributed by atoms with Crippen molar-refractivity contribution in [3.8, 4) is 12.3 Å². The summed E-state index contributed by atoms with van der Waals surface area (Å²) in [5, 5.41) is 10.9. The van der Waals surface area contributed by atoms with E-state index in [9.17, 15) is 0 Å². The highest BCUT2D eigenvalue weighted by Gasteiger charge is 2.00. The molecule has 0 atom stereocenters. The van der Waals surface area contributed by atoms with E-state index in [1.807, 2.05) is 4.57 Å². The summed E-state index contributed by atoms with van der Waals surface area (Å²) in [4.78, 5) is 0. The van der Waals surface area contributed by atoms with Gasteiger partial charge in [-0.25, -0.2) is 0 Å². The van der Waals surface area contributed by atoms with Crippen LogP contribution >= 0.6 is 0 Å². The van der Waals surface area contributed by atoms with E-state index >= 15 is 0 Å². The molecule has 0 bridgehead atoms. The summed E-state index contributed by atoms with van der Waals surface area (Å²) in [5.41, 5.74) is 0. The summed E-state index contributed by atoms with van der Waals surface area (Å²) in [6, 6.07) is 0. The molecule has 1 aromatic rings. The second-order valence-electron chi connectivity index (χ2n) is 2.75. The van der Waals surface area contributed by atoms with Crippen molar-refractivity contribution in [2.24, 2.45) is 0 Å². The Hall–Kier alpha value is -1.34. The van der Waals surface area contributed by atoms with E-state index in [1.165, 1.54) is 0 Å². The van der Waals surface area contributed by atoms with Gasteiger partial charge in [0.25, 0.3) is 0 Å². The Morgan fingerprint density at radius 3 is 3.23 bits per heavy atom. The van der Waals surface area contributed by atoms with Gasteiger partial charge in [-0.15, -0.1) is 16.6 Å². The number of hydrogen-bond donors (Lipinski definition) is 1. The molecule has 0 amide bonds. The largest absolute Gasteiger partial charge is 0.317 e. The molecular formula is C9H14N4. The quantitative estimate of drug-likeness (QED) is 0.524. The minimum atomic E-state index is 0.568. The van der Waals surface area contributed by atoms with E-state index in [0.29, 0.717) is 13.1 Å². The van der Waals surface area contributed by atoms with Crippen molar-refractivity contribution < 1.29 is 0 Å². The second kappa shape index (κ2) is 5.33. The zero-order valence-electron chi connectivity index (χ0n) is 7.82. The zero-order valence-corrected chi connectivity index (χ0v) is 7.82. The summed E-state index contributed by atoms with van der Waals surface area (Å²) in [7, 11) is 0. The topological polar surface area (TPSA) is 42.7 Å². The van der Waals surface area contributed by atoms with Crippen molar-refractivity contribution in [2.45, 2.75) is 26.4 Å². The predicted molar refractivity (Wildman–Crippen MR) is 50.9 cm³/mol. The maximum atomic E-state index is 5.11. The fraction of sp³-hybridized carbons (Fsp3) is 0.556. The van der Waals surface area contributed by atoms with Crippen LogP contribution in [0.2, 0.25) is 0 Å². The molecule has 70 valence electrons. The van der Waals surface area contributed by atoms with Gasteiger partial charge in [-0.1, -0.05) is 12.8 Å². The molecule has 0 fully saturated rings. The monoisotopic (exact) mass is 178 g/mol. The van der Waals surface area contributed by atoms with Crippen molar-refractivity contribution in [2.75, 3.05) is 6.54 Å². The predicted octanol–water partition coefficient (Wildman–Crippen LogP) is 0.411. The lowest BCUT2D eigenvalue weighted by Crippen LogP contribution is -2.17. The molecule has 4 heteroatoms. The van der Waals surface area contributed by atoms with E-state index in [-0.39, 0.29) is 0 Å². The van der Waals surface area contributed by atoms with Crippen molar-refractivity contribution in [3.63, 3.8) is 0 Å². The van der Waals surface area contributed by atoms with Gasteiger partial charge >= 0.3 is 0 Å². The van der Waals surface area contributed by atoms with Gasteiger partial charge in [-0.2, -0.15) is 0 Å². The molecular weight excluding hydrogens is 164 g/mol. The lowest BCUT2D eigenvalue weighted by atomic mass is 10.4.